The van der Waals surface area contributed by atoms with Gasteiger partial charge in [0.15, 0.2) is 0 Å². The molecule has 0 aromatic heterocycles. The van der Waals surface area contributed by atoms with E-state index in [9.17, 15) is 19.8 Å². The normalized spacial score (nSPS) is 12.7. The smallest absolute Gasteiger partial charge is 0.305 e. The number of ether oxygens (including phenoxy) is 1. The summed E-state index contributed by atoms with van der Waals surface area (Å²) in [5.41, 5.74) is 0. The molecule has 6 heteroatoms. The third-order valence-corrected chi connectivity index (χ3v) is 14.0. The second-order valence-electron chi connectivity index (χ2n) is 20.7. The van der Waals surface area contributed by atoms with E-state index in [1.165, 1.54) is 257 Å². The van der Waals surface area contributed by atoms with Crippen molar-refractivity contribution in [3.8, 4) is 0 Å². The van der Waals surface area contributed by atoms with Crippen molar-refractivity contribution in [1.82, 2.24) is 5.32 Å². The SMILES string of the molecule is CCCCCCCCCCCCCCCCC/C=C/C(O)C(CO)NC(=O)CCCCCCCCC/C=C\CCCCCCCCCCCOC(=O)CCCCCCCCCCCCCCC. The lowest BCUT2D eigenvalue weighted by Crippen LogP contribution is -2.45. The van der Waals surface area contributed by atoms with Crippen LogP contribution < -0.4 is 5.32 Å². The number of aliphatic hydroxyl groups excluding tert-OH is 2. The van der Waals surface area contributed by atoms with Crippen molar-refractivity contribution in [2.24, 2.45) is 0 Å². The fourth-order valence-corrected chi connectivity index (χ4v) is 9.34. The number of carbonyl (C=O) groups excluding carboxylic acids is 2. The summed E-state index contributed by atoms with van der Waals surface area (Å²) < 4.78 is 5.47. The highest BCUT2D eigenvalue weighted by molar-refractivity contribution is 5.76. The number of rotatable bonds is 56. The Labute approximate surface area is 418 Å². The first kappa shape index (κ1) is 65.3. The van der Waals surface area contributed by atoms with E-state index in [2.05, 4.69) is 31.3 Å². The van der Waals surface area contributed by atoms with Gasteiger partial charge < -0.3 is 20.3 Å². The number of carbonyl (C=O) groups is 2. The quantitative estimate of drug-likeness (QED) is 0.0321. The molecule has 0 heterocycles. The Morgan fingerprint density at radius 2 is 0.701 bits per heavy atom. The molecule has 0 aromatic carbocycles. The lowest BCUT2D eigenvalue weighted by atomic mass is 10.0. The van der Waals surface area contributed by atoms with Crippen molar-refractivity contribution in [1.29, 1.82) is 0 Å². The Kier molecular flexibility index (Phi) is 55.5. The van der Waals surface area contributed by atoms with Crippen LogP contribution in [0.15, 0.2) is 24.3 Å². The summed E-state index contributed by atoms with van der Waals surface area (Å²) in [5.74, 6) is -0.0673. The van der Waals surface area contributed by atoms with Crippen LogP contribution in [-0.2, 0) is 14.3 Å². The van der Waals surface area contributed by atoms with Crippen LogP contribution in [0.1, 0.15) is 328 Å². The van der Waals surface area contributed by atoms with Gasteiger partial charge in [0.1, 0.15) is 0 Å². The number of aliphatic hydroxyl groups is 2. The Bertz CT molecular complexity index is 1040. The third kappa shape index (κ3) is 53.5. The predicted molar refractivity (Wildman–Crippen MR) is 292 cm³/mol. The Hall–Kier alpha value is -1.66. The molecule has 3 N–H and O–H groups in total. The number of hydrogen-bond donors (Lipinski definition) is 3. The zero-order valence-corrected chi connectivity index (χ0v) is 45.1. The minimum atomic E-state index is -0.850. The lowest BCUT2D eigenvalue weighted by Gasteiger charge is -2.20. The molecule has 0 aliphatic heterocycles. The van der Waals surface area contributed by atoms with Crippen LogP contribution in [0.5, 0.6) is 0 Å². The Morgan fingerprint density at radius 3 is 1.06 bits per heavy atom. The first-order chi connectivity index (χ1) is 33.0. The van der Waals surface area contributed by atoms with Crippen molar-refractivity contribution in [2.75, 3.05) is 13.2 Å². The van der Waals surface area contributed by atoms with Gasteiger partial charge in [0.25, 0.3) is 0 Å². The highest BCUT2D eigenvalue weighted by Gasteiger charge is 2.18. The van der Waals surface area contributed by atoms with Gasteiger partial charge in [-0.1, -0.05) is 282 Å². The standard InChI is InChI=1S/C61H117NO5/c1-3-5-7-9-11-13-15-17-18-23-26-30-33-37-41-45-49-53-59(64)58(57-63)62-60(65)54-50-46-42-38-34-31-27-24-21-19-20-22-25-28-32-36-40-44-48-52-56-67-61(66)55-51-47-43-39-35-29-16-14-12-10-8-6-4-2/h19,21,49,53,58-59,63-64H,3-18,20,22-48,50-52,54-57H2,1-2H3,(H,62,65)/b21-19-,53-49+. The van der Waals surface area contributed by atoms with Gasteiger partial charge in [-0.15, -0.1) is 0 Å². The average molecular weight is 945 g/mol. The molecule has 0 saturated carbocycles. The van der Waals surface area contributed by atoms with Crippen LogP contribution in [0.2, 0.25) is 0 Å². The van der Waals surface area contributed by atoms with Crippen LogP contribution in [0.4, 0.5) is 0 Å². The summed E-state index contributed by atoms with van der Waals surface area (Å²) in [5, 5.41) is 23.1. The summed E-state index contributed by atoms with van der Waals surface area (Å²) in [6.07, 6.45) is 69.2. The summed E-state index contributed by atoms with van der Waals surface area (Å²) in [6.45, 7) is 4.91. The topological polar surface area (TPSA) is 95.9 Å². The van der Waals surface area contributed by atoms with Crippen LogP contribution in [0.3, 0.4) is 0 Å². The summed E-state index contributed by atoms with van der Waals surface area (Å²) in [4.78, 5) is 24.5. The van der Waals surface area contributed by atoms with Crippen molar-refractivity contribution >= 4 is 11.9 Å². The highest BCUT2D eigenvalue weighted by atomic mass is 16.5. The van der Waals surface area contributed by atoms with Gasteiger partial charge in [-0.25, -0.2) is 0 Å². The summed E-state index contributed by atoms with van der Waals surface area (Å²) >= 11 is 0. The van der Waals surface area contributed by atoms with Crippen molar-refractivity contribution in [3.05, 3.63) is 24.3 Å². The molecule has 0 radical (unpaired) electrons. The van der Waals surface area contributed by atoms with Gasteiger partial charge in [0, 0.05) is 12.8 Å². The minimum absolute atomic E-state index is 0.00732. The predicted octanol–water partition coefficient (Wildman–Crippen LogP) is 18.6. The zero-order valence-electron chi connectivity index (χ0n) is 45.1. The molecular formula is C61H117NO5. The van der Waals surface area contributed by atoms with Crippen molar-refractivity contribution in [2.45, 2.75) is 341 Å². The van der Waals surface area contributed by atoms with Gasteiger partial charge >= 0.3 is 5.97 Å². The molecule has 396 valence electrons. The van der Waals surface area contributed by atoms with Crippen LogP contribution >= 0.6 is 0 Å². The number of amides is 1. The molecule has 1 amide bonds. The van der Waals surface area contributed by atoms with Gasteiger partial charge in [-0.3, -0.25) is 9.59 Å². The first-order valence-electron chi connectivity index (χ1n) is 30.1. The lowest BCUT2D eigenvalue weighted by molar-refractivity contribution is -0.143. The van der Waals surface area contributed by atoms with E-state index in [0.717, 1.165) is 44.9 Å². The van der Waals surface area contributed by atoms with E-state index in [-0.39, 0.29) is 18.5 Å². The maximum atomic E-state index is 12.5. The van der Waals surface area contributed by atoms with Crippen molar-refractivity contribution in [3.63, 3.8) is 0 Å². The molecule has 0 rings (SSSR count). The Morgan fingerprint density at radius 1 is 0.403 bits per heavy atom. The molecule has 0 spiro atoms. The maximum absolute atomic E-state index is 12.5. The fraction of sp³-hybridized carbons (Fsp3) is 0.902. The van der Waals surface area contributed by atoms with E-state index in [4.69, 9.17) is 4.74 Å². The molecule has 6 nitrogen and oxygen atoms in total. The highest BCUT2D eigenvalue weighted by Crippen LogP contribution is 2.17. The van der Waals surface area contributed by atoms with E-state index < -0.39 is 12.1 Å². The van der Waals surface area contributed by atoms with Crippen LogP contribution in [0, 0.1) is 0 Å². The van der Waals surface area contributed by atoms with Gasteiger partial charge in [0.05, 0.1) is 25.4 Å². The third-order valence-electron chi connectivity index (χ3n) is 14.0. The molecule has 0 aromatic rings. The largest absolute Gasteiger partial charge is 0.466 e. The molecule has 0 bridgehead atoms. The van der Waals surface area contributed by atoms with Gasteiger partial charge in [-0.2, -0.15) is 0 Å². The van der Waals surface area contributed by atoms with Crippen molar-refractivity contribution < 1.29 is 24.5 Å². The molecule has 2 atom stereocenters. The number of nitrogens with one attached hydrogen (secondary N) is 1. The average Bonchev–Trinajstić information content (AvgIpc) is 3.33. The molecule has 0 aliphatic carbocycles. The summed E-state index contributed by atoms with van der Waals surface area (Å²) in [7, 11) is 0. The second-order valence-corrected chi connectivity index (χ2v) is 20.7. The van der Waals surface area contributed by atoms with Gasteiger partial charge in [-0.05, 0) is 57.8 Å². The molecular weight excluding hydrogens is 827 g/mol. The zero-order chi connectivity index (χ0) is 48.6. The van der Waals surface area contributed by atoms with E-state index in [0.29, 0.717) is 19.4 Å². The van der Waals surface area contributed by atoms with E-state index in [1.54, 1.807) is 6.08 Å². The monoisotopic (exact) mass is 944 g/mol. The maximum Gasteiger partial charge on any atom is 0.305 e. The first-order valence-corrected chi connectivity index (χ1v) is 30.1. The molecule has 2 unspecified atom stereocenters. The summed E-state index contributed by atoms with van der Waals surface area (Å²) in [6, 6.07) is -0.634. The number of unbranched alkanes of at least 4 members (excludes halogenated alkanes) is 43. The Balaban J connectivity index is 3.46. The number of allylic oxidation sites excluding steroid dienone is 3. The van der Waals surface area contributed by atoms with E-state index >= 15 is 0 Å². The van der Waals surface area contributed by atoms with E-state index in [1.807, 2.05) is 6.08 Å². The fourth-order valence-electron chi connectivity index (χ4n) is 9.34. The van der Waals surface area contributed by atoms with Crippen LogP contribution in [-0.4, -0.2) is 47.4 Å². The second kappa shape index (κ2) is 56.9. The van der Waals surface area contributed by atoms with Gasteiger partial charge in [0.2, 0.25) is 5.91 Å². The number of esters is 1. The molecule has 0 fully saturated rings. The molecule has 67 heavy (non-hydrogen) atoms. The minimum Gasteiger partial charge on any atom is -0.466 e. The molecule has 0 saturated heterocycles. The number of hydrogen-bond acceptors (Lipinski definition) is 5. The van der Waals surface area contributed by atoms with Crippen LogP contribution in [0.25, 0.3) is 0 Å². The molecule has 0 aliphatic rings.